The molecule has 3 heterocycles. The van der Waals surface area contributed by atoms with Crippen LogP contribution in [0.2, 0.25) is 0 Å². The number of amides is 1. The third-order valence-electron chi connectivity index (χ3n) is 3.83. The summed E-state index contributed by atoms with van der Waals surface area (Å²) in [7, 11) is 0. The summed E-state index contributed by atoms with van der Waals surface area (Å²) in [6, 6.07) is -0.170. The van der Waals surface area contributed by atoms with E-state index in [0.717, 1.165) is 12.4 Å². The number of ether oxygens (including phenoxy) is 2. The van der Waals surface area contributed by atoms with Crippen LogP contribution in [0, 0.1) is 6.92 Å². The van der Waals surface area contributed by atoms with Gasteiger partial charge >= 0.3 is 0 Å². The molecule has 0 bridgehead atoms. The molecule has 2 aromatic rings. The van der Waals surface area contributed by atoms with E-state index in [4.69, 9.17) is 9.47 Å². The van der Waals surface area contributed by atoms with Crippen molar-refractivity contribution >= 4 is 5.91 Å². The Morgan fingerprint density at radius 3 is 3.09 bits per heavy atom. The van der Waals surface area contributed by atoms with E-state index in [1.165, 1.54) is 0 Å². The minimum atomic E-state index is -0.211. The highest BCUT2D eigenvalue weighted by Crippen LogP contribution is 2.16. The van der Waals surface area contributed by atoms with Crippen molar-refractivity contribution in [3.63, 3.8) is 0 Å². The zero-order chi connectivity index (χ0) is 16.2. The molecule has 1 aliphatic heterocycles. The number of carbonyl (C=O) groups is 1. The summed E-state index contributed by atoms with van der Waals surface area (Å²) in [6.07, 6.45) is 6.77. The first-order valence-corrected chi connectivity index (χ1v) is 7.69. The first-order chi connectivity index (χ1) is 11.2. The number of hydrogen-bond donors (Lipinski definition) is 1. The summed E-state index contributed by atoms with van der Waals surface area (Å²) in [6.45, 7) is 5.80. The van der Waals surface area contributed by atoms with Crippen LogP contribution in [0.5, 0.6) is 5.75 Å². The molecule has 2 aromatic heterocycles. The van der Waals surface area contributed by atoms with Crippen LogP contribution in [0.15, 0.2) is 24.8 Å². The highest BCUT2D eigenvalue weighted by Gasteiger charge is 2.31. The number of aromatic nitrogens is 4. The maximum absolute atomic E-state index is 12.2. The monoisotopic (exact) mass is 319 g/mol. The zero-order valence-corrected chi connectivity index (χ0v) is 13.3. The maximum Gasteiger partial charge on any atom is 0.240 e. The SMILES string of the molecule is CCn1cc(O[C@@H]2COC[C@@H]2NC(=O)Cn2ccnc2C)cn1. The number of aryl methyl sites for hydroxylation is 2. The Balaban J connectivity index is 1.56. The lowest BCUT2D eigenvalue weighted by Gasteiger charge is -2.20. The quantitative estimate of drug-likeness (QED) is 0.832. The van der Waals surface area contributed by atoms with E-state index in [9.17, 15) is 4.79 Å². The van der Waals surface area contributed by atoms with Crippen molar-refractivity contribution in [1.29, 1.82) is 0 Å². The molecule has 0 saturated carbocycles. The van der Waals surface area contributed by atoms with E-state index in [2.05, 4.69) is 15.4 Å². The van der Waals surface area contributed by atoms with Crippen LogP contribution in [0.3, 0.4) is 0 Å². The van der Waals surface area contributed by atoms with Gasteiger partial charge in [-0.1, -0.05) is 0 Å². The van der Waals surface area contributed by atoms with Crippen LogP contribution in [-0.4, -0.2) is 50.6 Å². The molecule has 23 heavy (non-hydrogen) atoms. The minimum Gasteiger partial charge on any atom is -0.482 e. The molecular weight excluding hydrogens is 298 g/mol. The lowest BCUT2D eigenvalue weighted by molar-refractivity contribution is -0.122. The topological polar surface area (TPSA) is 83.2 Å². The van der Waals surface area contributed by atoms with Gasteiger partial charge in [0.1, 0.15) is 18.5 Å². The summed E-state index contributed by atoms with van der Waals surface area (Å²) in [5.41, 5.74) is 0. The van der Waals surface area contributed by atoms with Gasteiger partial charge in [0, 0.05) is 18.9 Å². The van der Waals surface area contributed by atoms with Crippen molar-refractivity contribution in [3.05, 3.63) is 30.6 Å². The second kappa shape index (κ2) is 6.82. The summed E-state index contributed by atoms with van der Waals surface area (Å²) in [5, 5.41) is 7.15. The van der Waals surface area contributed by atoms with Crippen LogP contribution in [-0.2, 0) is 22.6 Å². The molecule has 1 saturated heterocycles. The average molecular weight is 319 g/mol. The molecular formula is C15H21N5O3. The number of nitrogens with zero attached hydrogens (tertiary/aromatic N) is 4. The number of rotatable bonds is 6. The Hall–Kier alpha value is -2.35. The van der Waals surface area contributed by atoms with E-state index >= 15 is 0 Å². The Morgan fingerprint density at radius 1 is 1.52 bits per heavy atom. The van der Waals surface area contributed by atoms with Gasteiger partial charge in [-0.15, -0.1) is 0 Å². The average Bonchev–Trinajstić information content (AvgIpc) is 3.24. The van der Waals surface area contributed by atoms with E-state index in [1.807, 2.05) is 20.0 Å². The van der Waals surface area contributed by atoms with Gasteiger partial charge in [0.05, 0.1) is 31.6 Å². The van der Waals surface area contributed by atoms with E-state index in [1.54, 1.807) is 27.8 Å². The lowest BCUT2D eigenvalue weighted by Crippen LogP contribution is -2.46. The molecule has 8 nitrogen and oxygen atoms in total. The Bertz CT molecular complexity index is 666. The zero-order valence-electron chi connectivity index (χ0n) is 13.3. The van der Waals surface area contributed by atoms with Crippen molar-refractivity contribution in [3.8, 4) is 5.75 Å². The highest BCUT2D eigenvalue weighted by atomic mass is 16.5. The van der Waals surface area contributed by atoms with E-state index < -0.39 is 0 Å². The fourth-order valence-corrected chi connectivity index (χ4v) is 2.52. The normalized spacial score (nSPS) is 20.6. The lowest BCUT2D eigenvalue weighted by atomic mass is 10.2. The largest absolute Gasteiger partial charge is 0.482 e. The van der Waals surface area contributed by atoms with Crippen molar-refractivity contribution in [2.45, 2.75) is 39.1 Å². The van der Waals surface area contributed by atoms with Gasteiger partial charge in [-0.05, 0) is 13.8 Å². The minimum absolute atomic E-state index is 0.0838. The molecule has 0 aliphatic carbocycles. The molecule has 1 N–H and O–H groups in total. The van der Waals surface area contributed by atoms with Crippen molar-refractivity contribution in [1.82, 2.24) is 24.6 Å². The molecule has 0 spiro atoms. The van der Waals surface area contributed by atoms with Crippen LogP contribution in [0.25, 0.3) is 0 Å². The Labute approximate surface area is 134 Å². The van der Waals surface area contributed by atoms with Crippen molar-refractivity contribution < 1.29 is 14.3 Å². The molecule has 0 unspecified atom stereocenters. The Kier molecular flexibility index (Phi) is 4.61. The Morgan fingerprint density at radius 2 is 2.39 bits per heavy atom. The van der Waals surface area contributed by atoms with Crippen LogP contribution in [0.1, 0.15) is 12.7 Å². The highest BCUT2D eigenvalue weighted by molar-refractivity contribution is 5.76. The molecule has 124 valence electrons. The molecule has 0 radical (unpaired) electrons. The van der Waals surface area contributed by atoms with Crippen LogP contribution < -0.4 is 10.1 Å². The standard InChI is InChI=1S/C15H21N5O3/c1-3-20-7-12(6-17-20)23-14-10-22-9-13(14)18-15(21)8-19-5-4-16-11(19)2/h4-7,13-14H,3,8-10H2,1-2H3,(H,18,21)/t13-,14+/m0/s1. The predicted molar refractivity (Wildman–Crippen MR) is 82.0 cm³/mol. The van der Waals surface area contributed by atoms with Gasteiger partial charge in [0.25, 0.3) is 0 Å². The van der Waals surface area contributed by atoms with Gasteiger partial charge < -0.3 is 19.4 Å². The maximum atomic E-state index is 12.2. The molecule has 0 aromatic carbocycles. The second-order valence-corrected chi connectivity index (χ2v) is 5.50. The first kappa shape index (κ1) is 15.5. The van der Waals surface area contributed by atoms with Crippen molar-refractivity contribution in [2.75, 3.05) is 13.2 Å². The van der Waals surface area contributed by atoms with Gasteiger partial charge in [0.15, 0.2) is 5.75 Å². The second-order valence-electron chi connectivity index (χ2n) is 5.50. The fourth-order valence-electron chi connectivity index (χ4n) is 2.52. The van der Waals surface area contributed by atoms with Gasteiger partial charge in [-0.3, -0.25) is 9.48 Å². The third-order valence-corrected chi connectivity index (χ3v) is 3.83. The molecule has 8 heteroatoms. The number of carbonyl (C=O) groups excluding carboxylic acids is 1. The van der Waals surface area contributed by atoms with Crippen LogP contribution in [0.4, 0.5) is 0 Å². The summed E-state index contributed by atoms with van der Waals surface area (Å²) in [4.78, 5) is 16.3. The van der Waals surface area contributed by atoms with Crippen molar-refractivity contribution in [2.24, 2.45) is 0 Å². The third kappa shape index (κ3) is 3.70. The fraction of sp³-hybridized carbons (Fsp3) is 0.533. The summed E-state index contributed by atoms with van der Waals surface area (Å²) < 4.78 is 14.9. The van der Waals surface area contributed by atoms with Gasteiger partial charge in [0.2, 0.25) is 5.91 Å². The predicted octanol–water partition coefficient (Wildman–Crippen LogP) is 0.371. The molecule has 1 amide bonds. The van der Waals surface area contributed by atoms with Crippen LogP contribution >= 0.6 is 0 Å². The van der Waals surface area contributed by atoms with E-state index in [0.29, 0.717) is 19.0 Å². The number of hydrogen-bond acceptors (Lipinski definition) is 5. The molecule has 3 rings (SSSR count). The van der Waals surface area contributed by atoms with Gasteiger partial charge in [-0.25, -0.2) is 4.98 Å². The smallest absolute Gasteiger partial charge is 0.240 e. The summed E-state index contributed by atoms with van der Waals surface area (Å²) >= 11 is 0. The molecule has 2 atom stereocenters. The van der Waals surface area contributed by atoms with E-state index in [-0.39, 0.29) is 24.6 Å². The summed E-state index contributed by atoms with van der Waals surface area (Å²) in [5.74, 6) is 1.41. The number of nitrogens with one attached hydrogen (secondary N) is 1. The molecule has 1 fully saturated rings. The first-order valence-electron chi connectivity index (χ1n) is 7.69. The van der Waals surface area contributed by atoms with Gasteiger partial charge in [-0.2, -0.15) is 5.10 Å². The molecule has 1 aliphatic rings. The number of imidazole rings is 1.